The Morgan fingerprint density at radius 2 is 2.00 bits per heavy atom. The summed E-state index contributed by atoms with van der Waals surface area (Å²) in [5.41, 5.74) is 0.762. The molecule has 0 bridgehead atoms. The van der Waals surface area contributed by atoms with Crippen molar-refractivity contribution in [1.29, 1.82) is 5.26 Å². The molecule has 0 spiro atoms. The van der Waals surface area contributed by atoms with Gasteiger partial charge in [-0.05, 0) is 48.5 Å². The maximum atomic E-state index is 12.2. The van der Waals surface area contributed by atoms with Crippen LogP contribution < -0.4 is 10.1 Å². The van der Waals surface area contributed by atoms with Gasteiger partial charge in [0, 0.05) is 15.7 Å². The molecule has 0 aromatic heterocycles. The molecule has 2 rings (SSSR count). The molecule has 0 radical (unpaired) electrons. The average Bonchev–Trinajstić information content (AvgIpc) is 2.56. The fourth-order valence-corrected chi connectivity index (χ4v) is 2.08. The molecule has 2 aromatic rings. The van der Waals surface area contributed by atoms with Crippen molar-refractivity contribution in [2.24, 2.45) is 0 Å². The first-order chi connectivity index (χ1) is 11.0. The Hall–Kier alpha value is -2.78. The monoisotopic (exact) mass is 372 g/mol. The van der Waals surface area contributed by atoms with Gasteiger partial charge in [-0.25, -0.2) is 0 Å². The zero-order valence-corrected chi connectivity index (χ0v) is 13.8. The van der Waals surface area contributed by atoms with Gasteiger partial charge in [0.2, 0.25) is 0 Å². The molecule has 0 aliphatic rings. The Morgan fingerprint density at radius 1 is 1.30 bits per heavy atom. The van der Waals surface area contributed by atoms with Crippen LogP contribution in [0.5, 0.6) is 11.5 Å². The molecular formula is C17H13BrN2O3. The van der Waals surface area contributed by atoms with Gasteiger partial charge in [-0.1, -0.05) is 15.9 Å². The zero-order valence-electron chi connectivity index (χ0n) is 12.2. The number of halogens is 1. The van der Waals surface area contributed by atoms with Crippen molar-refractivity contribution in [3.05, 3.63) is 58.1 Å². The summed E-state index contributed by atoms with van der Waals surface area (Å²) in [7, 11) is 1.49. The number of methoxy groups -OCH3 is 1. The highest BCUT2D eigenvalue weighted by atomic mass is 79.9. The van der Waals surface area contributed by atoms with Crippen molar-refractivity contribution in [2.45, 2.75) is 0 Å². The lowest BCUT2D eigenvalue weighted by molar-refractivity contribution is -0.112. The van der Waals surface area contributed by atoms with Gasteiger partial charge in [0.25, 0.3) is 5.91 Å². The van der Waals surface area contributed by atoms with Crippen LogP contribution in [-0.4, -0.2) is 18.1 Å². The summed E-state index contributed by atoms with van der Waals surface area (Å²) in [4.78, 5) is 12.2. The molecule has 0 atom stereocenters. The number of carbonyl (C=O) groups excluding carboxylic acids is 1. The Labute approximate surface area is 142 Å². The molecule has 116 valence electrons. The first-order valence-electron chi connectivity index (χ1n) is 6.59. The maximum absolute atomic E-state index is 12.2. The van der Waals surface area contributed by atoms with Gasteiger partial charge in [0.1, 0.15) is 23.1 Å². The molecule has 0 saturated heterocycles. The van der Waals surface area contributed by atoms with E-state index in [0.717, 1.165) is 4.47 Å². The highest BCUT2D eigenvalue weighted by Gasteiger charge is 2.11. The Bertz CT molecular complexity index is 792. The minimum Gasteiger partial charge on any atom is -0.507 e. The number of rotatable bonds is 4. The van der Waals surface area contributed by atoms with Crippen LogP contribution in [0.1, 0.15) is 5.56 Å². The number of nitrogens with zero attached hydrogens (tertiary/aromatic N) is 1. The minimum absolute atomic E-state index is 0.0463. The number of phenols is 1. The van der Waals surface area contributed by atoms with Gasteiger partial charge in [0.15, 0.2) is 0 Å². The summed E-state index contributed by atoms with van der Waals surface area (Å²) >= 11 is 3.30. The van der Waals surface area contributed by atoms with Crippen molar-refractivity contribution >= 4 is 33.6 Å². The molecule has 0 heterocycles. The van der Waals surface area contributed by atoms with Crippen LogP contribution >= 0.6 is 15.9 Å². The first-order valence-corrected chi connectivity index (χ1v) is 7.38. The molecular weight excluding hydrogens is 360 g/mol. The second kappa shape index (κ2) is 7.47. The van der Waals surface area contributed by atoms with E-state index in [9.17, 15) is 15.2 Å². The van der Waals surface area contributed by atoms with Gasteiger partial charge in [-0.15, -0.1) is 0 Å². The molecule has 0 unspecified atom stereocenters. The molecule has 0 aliphatic carbocycles. The van der Waals surface area contributed by atoms with E-state index in [2.05, 4.69) is 21.2 Å². The molecule has 6 heteroatoms. The second-order valence-corrected chi connectivity index (χ2v) is 5.47. The van der Waals surface area contributed by atoms with E-state index in [1.54, 1.807) is 36.4 Å². The molecule has 0 fully saturated rings. The lowest BCUT2D eigenvalue weighted by Crippen LogP contribution is -2.13. The Balaban J connectivity index is 2.26. The summed E-state index contributed by atoms with van der Waals surface area (Å²) < 4.78 is 5.95. The Morgan fingerprint density at radius 3 is 2.61 bits per heavy atom. The van der Waals surface area contributed by atoms with Gasteiger partial charge in [0.05, 0.1) is 7.11 Å². The normalized spacial score (nSPS) is 10.7. The summed E-state index contributed by atoms with van der Waals surface area (Å²) in [5.74, 6) is -0.0910. The van der Waals surface area contributed by atoms with Crippen molar-refractivity contribution in [1.82, 2.24) is 0 Å². The predicted octanol–water partition coefficient (Wildman–Crippen LogP) is 3.71. The largest absolute Gasteiger partial charge is 0.507 e. The molecule has 2 aromatic carbocycles. The van der Waals surface area contributed by atoms with Crippen molar-refractivity contribution in [3.63, 3.8) is 0 Å². The highest BCUT2D eigenvalue weighted by molar-refractivity contribution is 9.10. The molecule has 0 saturated carbocycles. The van der Waals surface area contributed by atoms with Crippen molar-refractivity contribution < 1.29 is 14.6 Å². The Kier molecular flexibility index (Phi) is 5.39. The molecule has 2 N–H and O–H groups in total. The highest BCUT2D eigenvalue weighted by Crippen LogP contribution is 2.25. The van der Waals surface area contributed by atoms with E-state index >= 15 is 0 Å². The summed E-state index contributed by atoms with van der Waals surface area (Å²) in [6.45, 7) is 0. The summed E-state index contributed by atoms with van der Waals surface area (Å²) in [5, 5.41) is 21.7. The molecule has 1 amide bonds. The van der Waals surface area contributed by atoms with Crippen molar-refractivity contribution in [2.75, 3.05) is 12.4 Å². The van der Waals surface area contributed by atoms with Gasteiger partial charge in [-0.3, -0.25) is 4.79 Å². The number of benzene rings is 2. The summed E-state index contributed by atoms with van der Waals surface area (Å²) in [6.07, 6.45) is 1.31. The van der Waals surface area contributed by atoms with E-state index in [1.165, 1.54) is 19.3 Å². The first kappa shape index (κ1) is 16.6. The fraction of sp³-hybridized carbons (Fsp3) is 0.0588. The lowest BCUT2D eigenvalue weighted by atomic mass is 10.1. The average molecular weight is 373 g/mol. The molecule has 0 aliphatic heterocycles. The number of hydrogen-bond donors (Lipinski definition) is 2. The number of amides is 1. The number of phenolic OH excluding ortho intramolecular Hbond substituents is 1. The number of nitriles is 1. The standard InChI is InChI=1S/C17H13BrN2O3/c1-23-15-6-7-16(21)11(9-15)8-12(10-19)17(22)20-14-4-2-13(18)3-5-14/h2-9,21H,1H3,(H,20,22)/b12-8+. The van der Waals surface area contributed by atoms with Gasteiger partial charge in [-0.2, -0.15) is 5.26 Å². The van der Waals surface area contributed by atoms with Crippen molar-refractivity contribution in [3.8, 4) is 17.6 Å². The van der Waals surface area contributed by atoms with Gasteiger partial charge >= 0.3 is 0 Å². The molecule has 23 heavy (non-hydrogen) atoms. The number of ether oxygens (including phenoxy) is 1. The van der Waals surface area contributed by atoms with Crippen LogP contribution in [0, 0.1) is 11.3 Å². The van der Waals surface area contributed by atoms with Crippen LogP contribution in [0.4, 0.5) is 5.69 Å². The predicted molar refractivity (Wildman–Crippen MR) is 91.0 cm³/mol. The third-order valence-corrected chi connectivity index (χ3v) is 3.53. The smallest absolute Gasteiger partial charge is 0.266 e. The van der Waals surface area contributed by atoms with Crippen LogP contribution in [0.15, 0.2) is 52.5 Å². The van der Waals surface area contributed by atoms with Gasteiger partial charge < -0.3 is 15.2 Å². The number of carbonyl (C=O) groups is 1. The fourth-order valence-electron chi connectivity index (χ4n) is 1.81. The topological polar surface area (TPSA) is 82.3 Å². The van der Waals surface area contributed by atoms with E-state index < -0.39 is 5.91 Å². The van der Waals surface area contributed by atoms with E-state index in [0.29, 0.717) is 17.0 Å². The molecule has 5 nitrogen and oxygen atoms in total. The quantitative estimate of drug-likeness (QED) is 0.632. The van der Waals surface area contributed by atoms with E-state index in [4.69, 9.17) is 4.74 Å². The lowest BCUT2D eigenvalue weighted by Gasteiger charge is -2.06. The number of anilines is 1. The summed E-state index contributed by atoms with van der Waals surface area (Å²) in [6, 6.07) is 13.4. The third kappa shape index (κ3) is 4.34. The van der Waals surface area contributed by atoms with Crippen LogP contribution in [0.3, 0.4) is 0 Å². The number of aromatic hydroxyl groups is 1. The van der Waals surface area contributed by atoms with Crippen LogP contribution in [0.2, 0.25) is 0 Å². The third-order valence-electron chi connectivity index (χ3n) is 3.00. The van der Waals surface area contributed by atoms with E-state index in [1.807, 2.05) is 6.07 Å². The zero-order chi connectivity index (χ0) is 16.8. The minimum atomic E-state index is -0.558. The number of hydrogen-bond acceptors (Lipinski definition) is 4. The van der Waals surface area contributed by atoms with Crippen LogP contribution in [0.25, 0.3) is 6.08 Å². The SMILES string of the molecule is COc1ccc(O)c(/C=C(\C#N)C(=O)Nc2ccc(Br)cc2)c1. The second-order valence-electron chi connectivity index (χ2n) is 4.56. The maximum Gasteiger partial charge on any atom is 0.266 e. The van der Waals surface area contributed by atoms with E-state index in [-0.39, 0.29) is 11.3 Å². The number of nitrogens with one attached hydrogen (secondary N) is 1. The van der Waals surface area contributed by atoms with Crippen LogP contribution in [-0.2, 0) is 4.79 Å².